The highest BCUT2D eigenvalue weighted by molar-refractivity contribution is 7.15. The lowest BCUT2D eigenvalue weighted by Gasteiger charge is -2.16. The largest absolute Gasteiger partial charge is 0.493 e. The Morgan fingerprint density at radius 3 is 2.37 bits per heavy atom. The number of benzene rings is 2. The second-order valence-corrected chi connectivity index (χ2v) is 6.96. The topological polar surface area (TPSA) is 56.3 Å². The molecule has 1 heterocycles. The van der Waals surface area contributed by atoms with E-state index in [0.717, 1.165) is 10.6 Å². The first-order valence-corrected chi connectivity index (χ1v) is 9.06. The van der Waals surface area contributed by atoms with Gasteiger partial charge in [0.25, 0.3) is 0 Å². The van der Waals surface area contributed by atoms with Gasteiger partial charge in [-0.1, -0.05) is 23.5 Å². The zero-order valence-electron chi connectivity index (χ0n) is 15.1. The summed E-state index contributed by atoms with van der Waals surface area (Å²) in [5.74, 6) is 0.119. The van der Waals surface area contributed by atoms with E-state index in [0.29, 0.717) is 28.6 Å². The van der Waals surface area contributed by atoms with Gasteiger partial charge in [-0.15, -0.1) is 10.2 Å². The van der Waals surface area contributed by atoms with Crippen molar-refractivity contribution in [1.29, 1.82) is 0 Å². The van der Waals surface area contributed by atoms with E-state index in [1.54, 1.807) is 18.2 Å². The van der Waals surface area contributed by atoms with Gasteiger partial charge in [0.15, 0.2) is 11.5 Å². The Bertz CT molecular complexity index is 916. The van der Waals surface area contributed by atoms with Crippen LogP contribution in [0.5, 0.6) is 11.5 Å². The van der Waals surface area contributed by atoms with E-state index in [1.807, 2.05) is 6.92 Å². The number of anilines is 1. The lowest BCUT2D eigenvalue weighted by molar-refractivity contribution is 0.351. The summed E-state index contributed by atoms with van der Waals surface area (Å²) in [6.45, 7) is 1.82. The summed E-state index contributed by atoms with van der Waals surface area (Å²) in [4.78, 5) is 0. The van der Waals surface area contributed by atoms with Crippen molar-refractivity contribution in [2.24, 2.45) is 0 Å². The molecule has 0 fully saturated rings. The summed E-state index contributed by atoms with van der Waals surface area (Å²) < 4.78 is 37.7. The maximum atomic E-state index is 14.4. The minimum atomic E-state index is -0.399. The third-order valence-electron chi connectivity index (χ3n) is 4.04. The summed E-state index contributed by atoms with van der Waals surface area (Å²) in [5, 5.41) is 12.8. The molecular formula is C19H19F2N3O2S. The Morgan fingerprint density at radius 2 is 1.70 bits per heavy atom. The fourth-order valence-corrected chi connectivity index (χ4v) is 3.49. The zero-order valence-corrected chi connectivity index (χ0v) is 15.9. The first kappa shape index (κ1) is 19.0. The van der Waals surface area contributed by atoms with Gasteiger partial charge < -0.3 is 14.8 Å². The normalized spacial score (nSPS) is 11.9. The number of aromatic nitrogens is 2. The van der Waals surface area contributed by atoms with Crippen molar-refractivity contribution in [3.8, 4) is 11.5 Å². The van der Waals surface area contributed by atoms with Gasteiger partial charge in [-0.05, 0) is 30.7 Å². The minimum absolute atomic E-state index is 0.274. The Balaban J connectivity index is 1.72. The monoisotopic (exact) mass is 391 g/mol. The van der Waals surface area contributed by atoms with Gasteiger partial charge in [0.05, 0.1) is 20.3 Å². The molecule has 1 N–H and O–H groups in total. The van der Waals surface area contributed by atoms with E-state index < -0.39 is 5.82 Å². The van der Waals surface area contributed by atoms with Crippen molar-refractivity contribution in [3.05, 3.63) is 64.2 Å². The molecule has 2 aromatic carbocycles. The number of hydrogen-bond acceptors (Lipinski definition) is 6. The van der Waals surface area contributed by atoms with E-state index in [-0.39, 0.29) is 11.9 Å². The van der Waals surface area contributed by atoms with Crippen molar-refractivity contribution >= 4 is 16.5 Å². The van der Waals surface area contributed by atoms with Gasteiger partial charge in [0.2, 0.25) is 5.13 Å². The Labute approximate surface area is 160 Å². The van der Waals surface area contributed by atoms with Crippen LogP contribution in [0.2, 0.25) is 0 Å². The quantitative estimate of drug-likeness (QED) is 0.638. The van der Waals surface area contributed by atoms with E-state index in [9.17, 15) is 8.78 Å². The van der Waals surface area contributed by atoms with Gasteiger partial charge in [0.1, 0.15) is 16.6 Å². The molecule has 0 bridgehead atoms. The lowest BCUT2D eigenvalue weighted by Crippen LogP contribution is -2.09. The average Bonchev–Trinajstić information content (AvgIpc) is 3.10. The Morgan fingerprint density at radius 1 is 1.04 bits per heavy atom. The third-order valence-corrected chi connectivity index (χ3v) is 4.90. The number of nitrogens with one attached hydrogen (secondary N) is 1. The standard InChI is InChI=1S/C19H19F2N3O2S/c1-11(14-9-16(25-2)17(26-3)10-15(14)21)22-19-24-23-18(27-19)8-12-4-6-13(20)7-5-12/h4-7,9-11H,8H2,1-3H3,(H,22,24). The molecule has 0 aliphatic rings. The van der Waals surface area contributed by atoms with Crippen molar-refractivity contribution in [2.75, 3.05) is 19.5 Å². The summed E-state index contributed by atoms with van der Waals surface area (Å²) >= 11 is 1.37. The van der Waals surface area contributed by atoms with E-state index in [1.165, 1.54) is 43.8 Å². The van der Waals surface area contributed by atoms with Crippen LogP contribution in [0.4, 0.5) is 13.9 Å². The first-order valence-electron chi connectivity index (χ1n) is 8.25. The van der Waals surface area contributed by atoms with Crippen LogP contribution in [-0.4, -0.2) is 24.4 Å². The Kier molecular flexibility index (Phi) is 5.85. The highest BCUT2D eigenvalue weighted by Crippen LogP contribution is 2.33. The minimum Gasteiger partial charge on any atom is -0.493 e. The molecule has 27 heavy (non-hydrogen) atoms. The van der Waals surface area contributed by atoms with Crippen LogP contribution in [0.25, 0.3) is 0 Å². The fourth-order valence-electron chi connectivity index (χ4n) is 2.62. The maximum absolute atomic E-state index is 14.4. The molecule has 1 unspecified atom stereocenters. The zero-order chi connectivity index (χ0) is 19.4. The fraction of sp³-hybridized carbons (Fsp3) is 0.263. The second kappa shape index (κ2) is 8.30. The predicted octanol–water partition coefficient (Wildman–Crippen LogP) is 4.60. The van der Waals surface area contributed by atoms with Gasteiger partial charge >= 0.3 is 0 Å². The molecule has 3 aromatic rings. The molecule has 1 aromatic heterocycles. The molecule has 3 rings (SSSR count). The SMILES string of the molecule is COc1cc(F)c(C(C)Nc2nnc(Cc3ccc(F)cc3)s2)cc1OC. The molecular weight excluding hydrogens is 372 g/mol. The van der Waals surface area contributed by atoms with Crippen LogP contribution >= 0.6 is 11.3 Å². The number of methoxy groups -OCH3 is 2. The maximum Gasteiger partial charge on any atom is 0.206 e. The molecule has 0 saturated carbocycles. The van der Waals surface area contributed by atoms with Gasteiger partial charge in [-0.3, -0.25) is 0 Å². The Hall–Kier alpha value is -2.74. The number of nitrogens with zero attached hydrogens (tertiary/aromatic N) is 2. The molecule has 0 spiro atoms. The van der Waals surface area contributed by atoms with Crippen LogP contribution in [0.1, 0.15) is 29.1 Å². The molecule has 0 saturated heterocycles. The van der Waals surface area contributed by atoms with E-state index >= 15 is 0 Å². The number of hydrogen-bond donors (Lipinski definition) is 1. The lowest BCUT2D eigenvalue weighted by atomic mass is 10.1. The molecule has 8 heteroatoms. The molecule has 5 nitrogen and oxygen atoms in total. The smallest absolute Gasteiger partial charge is 0.206 e. The van der Waals surface area contributed by atoms with Gasteiger partial charge in [-0.25, -0.2) is 8.78 Å². The summed E-state index contributed by atoms with van der Waals surface area (Å²) in [6, 6.07) is 8.81. The predicted molar refractivity (Wildman–Crippen MR) is 101 cm³/mol. The summed E-state index contributed by atoms with van der Waals surface area (Å²) in [5.41, 5.74) is 1.38. The highest BCUT2D eigenvalue weighted by Gasteiger charge is 2.17. The van der Waals surface area contributed by atoms with Crippen LogP contribution in [0, 0.1) is 11.6 Å². The molecule has 142 valence electrons. The van der Waals surface area contributed by atoms with Crippen molar-refractivity contribution in [2.45, 2.75) is 19.4 Å². The van der Waals surface area contributed by atoms with Gasteiger partial charge in [0, 0.05) is 18.1 Å². The number of ether oxygens (including phenoxy) is 2. The molecule has 0 aliphatic heterocycles. The van der Waals surface area contributed by atoms with Crippen molar-refractivity contribution in [3.63, 3.8) is 0 Å². The van der Waals surface area contributed by atoms with Crippen LogP contribution < -0.4 is 14.8 Å². The van der Waals surface area contributed by atoms with Crippen molar-refractivity contribution in [1.82, 2.24) is 10.2 Å². The number of halogens is 2. The van der Waals surface area contributed by atoms with E-state index in [2.05, 4.69) is 15.5 Å². The van der Waals surface area contributed by atoms with E-state index in [4.69, 9.17) is 9.47 Å². The first-order chi connectivity index (χ1) is 13.0. The highest BCUT2D eigenvalue weighted by atomic mass is 32.1. The third kappa shape index (κ3) is 4.51. The van der Waals surface area contributed by atoms with Crippen molar-refractivity contribution < 1.29 is 18.3 Å². The molecule has 0 radical (unpaired) electrons. The van der Waals surface area contributed by atoms with Crippen LogP contribution in [0.15, 0.2) is 36.4 Å². The van der Waals surface area contributed by atoms with Crippen LogP contribution in [0.3, 0.4) is 0 Å². The van der Waals surface area contributed by atoms with Crippen LogP contribution in [-0.2, 0) is 6.42 Å². The molecule has 0 amide bonds. The molecule has 1 atom stereocenters. The second-order valence-electron chi connectivity index (χ2n) is 5.90. The number of rotatable bonds is 7. The van der Waals surface area contributed by atoms with Gasteiger partial charge in [-0.2, -0.15) is 0 Å². The summed E-state index contributed by atoms with van der Waals surface area (Å²) in [6.07, 6.45) is 0.554. The summed E-state index contributed by atoms with van der Waals surface area (Å²) in [7, 11) is 2.96. The molecule has 0 aliphatic carbocycles. The average molecular weight is 391 g/mol.